The Labute approximate surface area is 126 Å². The Balaban J connectivity index is 1.72. The number of urea groups is 1. The summed E-state index contributed by atoms with van der Waals surface area (Å²) in [5.41, 5.74) is 0. The monoisotopic (exact) mass is 300 g/mol. The largest absolute Gasteiger partial charge is 0.378 e. The van der Waals surface area contributed by atoms with Gasteiger partial charge in [0.2, 0.25) is 0 Å². The lowest BCUT2D eigenvalue weighted by Gasteiger charge is -2.23. The van der Waals surface area contributed by atoms with Gasteiger partial charge in [-0.2, -0.15) is 11.8 Å². The summed E-state index contributed by atoms with van der Waals surface area (Å²) < 4.78 is 5.75. The molecule has 0 spiro atoms. The summed E-state index contributed by atoms with van der Waals surface area (Å²) in [6.45, 7) is 5.93. The zero-order valence-corrected chi connectivity index (χ0v) is 13.7. The summed E-state index contributed by atoms with van der Waals surface area (Å²) in [5, 5.41) is 6.76. The van der Waals surface area contributed by atoms with Crippen LogP contribution in [0.15, 0.2) is 0 Å². The summed E-state index contributed by atoms with van der Waals surface area (Å²) >= 11 is 1.87. The molecule has 2 rings (SSSR count). The Morgan fingerprint density at radius 2 is 2.15 bits per heavy atom. The number of ether oxygens (including phenoxy) is 1. The maximum Gasteiger partial charge on any atom is 0.315 e. The van der Waals surface area contributed by atoms with Crippen molar-refractivity contribution < 1.29 is 9.53 Å². The van der Waals surface area contributed by atoms with Crippen molar-refractivity contribution in [3.63, 3.8) is 0 Å². The first kappa shape index (κ1) is 16.0. The number of carbonyl (C=O) groups is 1. The van der Waals surface area contributed by atoms with Crippen LogP contribution in [0.1, 0.15) is 39.5 Å². The second-order valence-corrected chi connectivity index (χ2v) is 7.37. The van der Waals surface area contributed by atoms with Crippen molar-refractivity contribution in [2.75, 3.05) is 19.4 Å². The van der Waals surface area contributed by atoms with Gasteiger partial charge in [0.15, 0.2) is 0 Å². The van der Waals surface area contributed by atoms with Crippen molar-refractivity contribution >= 4 is 17.8 Å². The van der Waals surface area contributed by atoms with Crippen LogP contribution in [0.2, 0.25) is 0 Å². The first-order chi connectivity index (χ1) is 9.61. The van der Waals surface area contributed by atoms with Gasteiger partial charge in [-0.3, -0.25) is 0 Å². The molecule has 116 valence electrons. The predicted molar refractivity (Wildman–Crippen MR) is 84.2 cm³/mol. The van der Waals surface area contributed by atoms with E-state index < -0.39 is 0 Å². The van der Waals surface area contributed by atoms with Crippen LogP contribution in [0.4, 0.5) is 4.79 Å². The third-order valence-electron chi connectivity index (χ3n) is 4.52. The van der Waals surface area contributed by atoms with Gasteiger partial charge >= 0.3 is 6.03 Å². The molecule has 0 aromatic carbocycles. The van der Waals surface area contributed by atoms with E-state index in [2.05, 4.69) is 30.7 Å². The Morgan fingerprint density at radius 3 is 2.85 bits per heavy atom. The van der Waals surface area contributed by atoms with Gasteiger partial charge in [-0.15, -0.1) is 0 Å². The van der Waals surface area contributed by atoms with Gasteiger partial charge in [-0.25, -0.2) is 4.79 Å². The number of nitrogens with one attached hydrogen (secondary N) is 2. The highest BCUT2D eigenvalue weighted by molar-refractivity contribution is 7.99. The summed E-state index contributed by atoms with van der Waals surface area (Å²) in [7, 11) is 0. The summed E-state index contributed by atoms with van der Waals surface area (Å²) in [5.74, 6) is 0.976. The van der Waals surface area contributed by atoms with Crippen LogP contribution in [-0.4, -0.2) is 42.8 Å². The molecule has 0 aromatic heterocycles. The second-order valence-electron chi connectivity index (χ2n) is 6.29. The van der Waals surface area contributed by atoms with Crippen molar-refractivity contribution in [2.45, 2.75) is 56.9 Å². The molecule has 0 bridgehead atoms. The van der Waals surface area contributed by atoms with Crippen molar-refractivity contribution in [1.29, 1.82) is 0 Å². The molecule has 1 saturated heterocycles. The molecular weight excluding hydrogens is 272 g/mol. The molecule has 20 heavy (non-hydrogen) atoms. The number of hydrogen-bond acceptors (Lipinski definition) is 3. The summed E-state index contributed by atoms with van der Waals surface area (Å²) in [6, 6.07) is 0.330. The minimum absolute atomic E-state index is 0.00893. The molecule has 0 unspecified atom stereocenters. The topological polar surface area (TPSA) is 50.4 Å². The zero-order valence-electron chi connectivity index (χ0n) is 12.9. The first-order valence-corrected chi connectivity index (χ1v) is 9.09. The Morgan fingerprint density at radius 1 is 1.35 bits per heavy atom. The average molecular weight is 300 g/mol. The van der Waals surface area contributed by atoms with Gasteiger partial charge in [0.1, 0.15) is 0 Å². The molecule has 2 aliphatic rings. The van der Waals surface area contributed by atoms with Crippen LogP contribution in [0.3, 0.4) is 0 Å². The molecule has 1 heterocycles. The van der Waals surface area contributed by atoms with E-state index in [-0.39, 0.29) is 6.03 Å². The quantitative estimate of drug-likeness (QED) is 0.820. The fourth-order valence-electron chi connectivity index (χ4n) is 3.43. The lowest BCUT2D eigenvalue weighted by atomic mass is 9.93. The van der Waals surface area contributed by atoms with E-state index in [4.69, 9.17) is 4.74 Å². The van der Waals surface area contributed by atoms with Crippen LogP contribution in [-0.2, 0) is 4.74 Å². The maximum absolute atomic E-state index is 12.0. The number of hydrogen-bond donors (Lipinski definition) is 2. The third kappa shape index (κ3) is 4.04. The van der Waals surface area contributed by atoms with E-state index in [1.807, 2.05) is 11.8 Å². The van der Waals surface area contributed by atoms with Crippen LogP contribution >= 0.6 is 11.8 Å². The third-order valence-corrected chi connectivity index (χ3v) is 5.69. The summed E-state index contributed by atoms with van der Waals surface area (Å²) in [6.07, 6.45) is 7.03. The van der Waals surface area contributed by atoms with Gasteiger partial charge in [-0.1, -0.05) is 20.3 Å². The van der Waals surface area contributed by atoms with E-state index in [1.165, 1.54) is 12.8 Å². The summed E-state index contributed by atoms with van der Waals surface area (Å²) in [4.78, 5) is 12.0. The molecule has 2 amide bonds. The number of thioether (sulfide) groups is 1. The minimum atomic E-state index is -0.00893. The van der Waals surface area contributed by atoms with E-state index in [1.54, 1.807) is 0 Å². The molecule has 5 heteroatoms. The number of amides is 2. The molecule has 1 aliphatic heterocycles. The van der Waals surface area contributed by atoms with Gasteiger partial charge in [-0.05, 0) is 31.4 Å². The Bertz CT molecular complexity index is 325. The Kier molecular flexibility index (Phi) is 6.02. The van der Waals surface area contributed by atoms with E-state index >= 15 is 0 Å². The van der Waals surface area contributed by atoms with E-state index in [0.717, 1.165) is 26.0 Å². The minimum Gasteiger partial charge on any atom is -0.378 e. The molecule has 2 fully saturated rings. The van der Waals surface area contributed by atoms with Gasteiger partial charge in [0, 0.05) is 30.4 Å². The molecule has 0 aromatic rings. The SMILES string of the molecule is CS[C@@H]1CCC[C@@H]1NC(=O)NC[C@@H]1CCO[C@@H]1C(C)C. The standard InChI is InChI=1S/C15H28N2O2S/c1-10(2)14-11(7-8-19-14)9-16-15(18)17-12-5-4-6-13(12)20-3/h10-14H,4-9H2,1-3H3,(H2,16,17,18)/t11-,12-,13+,14+/m0/s1. The molecule has 1 saturated carbocycles. The zero-order chi connectivity index (χ0) is 14.5. The van der Waals surface area contributed by atoms with Crippen molar-refractivity contribution in [1.82, 2.24) is 10.6 Å². The van der Waals surface area contributed by atoms with Crippen LogP contribution < -0.4 is 10.6 Å². The van der Waals surface area contributed by atoms with Gasteiger partial charge < -0.3 is 15.4 Å². The highest BCUT2D eigenvalue weighted by Gasteiger charge is 2.31. The molecular formula is C15H28N2O2S. The maximum atomic E-state index is 12.0. The predicted octanol–water partition coefficient (Wildman–Crippen LogP) is 2.63. The molecule has 1 aliphatic carbocycles. The van der Waals surface area contributed by atoms with Crippen LogP contribution in [0.25, 0.3) is 0 Å². The van der Waals surface area contributed by atoms with Crippen LogP contribution in [0, 0.1) is 11.8 Å². The fourth-order valence-corrected chi connectivity index (χ4v) is 4.36. The lowest BCUT2D eigenvalue weighted by Crippen LogP contribution is -2.46. The molecule has 2 N–H and O–H groups in total. The van der Waals surface area contributed by atoms with Crippen LogP contribution in [0.5, 0.6) is 0 Å². The highest BCUT2D eigenvalue weighted by Crippen LogP contribution is 2.28. The van der Waals surface area contributed by atoms with Crippen molar-refractivity contribution in [2.24, 2.45) is 11.8 Å². The average Bonchev–Trinajstić information content (AvgIpc) is 3.04. The normalized spacial score (nSPS) is 33.6. The van der Waals surface area contributed by atoms with E-state index in [9.17, 15) is 4.79 Å². The number of carbonyl (C=O) groups excluding carboxylic acids is 1. The van der Waals surface area contributed by atoms with Gasteiger partial charge in [0.05, 0.1) is 6.10 Å². The number of rotatable bonds is 5. The molecule has 4 nitrogen and oxygen atoms in total. The molecule has 0 radical (unpaired) electrons. The van der Waals surface area contributed by atoms with Crippen molar-refractivity contribution in [3.8, 4) is 0 Å². The van der Waals surface area contributed by atoms with Gasteiger partial charge in [0.25, 0.3) is 0 Å². The first-order valence-electron chi connectivity index (χ1n) is 7.80. The molecule has 4 atom stereocenters. The fraction of sp³-hybridized carbons (Fsp3) is 0.933. The highest BCUT2D eigenvalue weighted by atomic mass is 32.2. The smallest absolute Gasteiger partial charge is 0.315 e. The second kappa shape index (κ2) is 7.55. The lowest BCUT2D eigenvalue weighted by molar-refractivity contribution is 0.0545. The Hall–Kier alpha value is -0.420. The van der Waals surface area contributed by atoms with Crippen molar-refractivity contribution in [3.05, 3.63) is 0 Å². The van der Waals surface area contributed by atoms with E-state index in [0.29, 0.717) is 29.2 Å².